The van der Waals surface area contributed by atoms with Crippen LogP contribution in [0.15, 0.2) is 30.7 Å². The number of rotatable bonds is 5. The van der Waals surface area contributed by atoms with Crippen molar-refractivity contribution >= 4 is 5.91 Å². The molecule has 1 atom stereocenters. The highest BCUT2D eigenvalue weighted by Gasteiger charge is 2.31. The summed E-state index contributed by atoms with van der Waals surface area (Å²) >= 11 is 0. The summed E-state index contributed by atoms with van der Waals surface area (Å²) < 4.78 is 10.5. The first-order chi connectivity index (χ1) is 11.6. The zero-order valence-corrected chi connectivity index (χ0v) is 13.9. The maximum atomic E-state index is 12.8. The van der Waals surface area contributed by atoms with Crippen molar-refractivity contribution in [3.8, 4) is 11.5 Å². The average Bonchev–Trinajstić information content (AvgIpc) is 3.04. The van der Waals surface area contributed by atoms with Crippen molar-refractivity contribution in [2.75, 3.05) is 21.3 Å². The quantitative estimate of drug-likeness (QED) is 0.891. The highest BCUT2D eigenvalue weighted by molar-refractivity contribution is 5.84. The van der Waals surface area contributed by atoms with E-state index in [0.29, 0.717) is 24.6 Å². The Bertz CT molecular complexity index is 728. The molecule has 0 aliphatic carbocycles. The second kappa shape index (κ2) is 6.84. The first kappa shape index (κ1) is 16.2. The number of nitrogens with zero attached hydrogens (tertiary/aromatic N) is 3. The number of nitrogens with one attached hydrogen (secondary N) is 1. The van der Waals surface area contributed by atoms with Gasteiger partial charge < -0.3 is 14.4 Å². The molecule has 0 saturated heterocycles. The Morgan fingerprint density at radius 3 is 2.67 bits per heavy atom. The van der Waals surface area contributed by atoms with E-state index in [9.17, 15) is 4.79 Å². The predicted octanol–water partition coefficient (Wildman–Crippen LogP) is 1.30. The maximum absolute atomic E-state index is 12.8. The Morgan fingerprint density at radius 2 is 2.00 bits per heavy atom. The minimum atomic E-state index is -0.404. The molecule has 1 unspecified atom stereocenters. The second-order valence-electron chi connectivity index (χ2n) is 5.65. The molecule has 1 aliphatic heterocycles. The number of carbonyl (C=O) groups is 1. The number of likely N-dealkylation sites (N-methyl/N-ethyl adjacent to an activating group) is 1. The van der Waals surface area contributed by atoms with Gasteiger partial charge in [0, 0.05) is 38.0 Å². The van der Waals surface area contributed by atoms with Crippen LogP contribution in [0.5, 0.6) is 11.5 Å². The van der Waals surface area contributed by atoms with Gasteiger partial charge in [0.25, 0.3) is 0 Å². The summed E-state index contributed by atoms with van der Waals surface area (Å²) in [5.74, 6) is 1.37. The molecule has 0 spiro atoms. The van der Waals surface area contributed by atoms with E-state index in [-0.39, 0.29) is 5.91 Å². The molecule has 2 heterocycles. The molecule has 7 nitrogen and oxygen atoms in total. The monoisotopic (exact) mass is 328 g/mol. The zero-order chi connectivity index (χ0) is 17.1. The van der Waals surface area contributed by atoms with Crippen LogP contribution in [0.1, 0.15) is 22.9 Å². The Kier molecular flexibility index (Phi) is 4.61. The molecule has 1 aromatic carbocycles. The van der Waals surface area contributed by atoms with Crippen LogP contribution in [-0.2, 0) is 17.9 Å². The van der Waals surface area contributed by atoms with Crippen molar-refractivity contribution in [3.63, 3.8) is 0 Å². The van der Waals surface area contributed by atoms with E-state index in [1.54, 1.807) is 38.4 Å². The number of hydrogen-bond acceptors (Lipinski definition) is 6. The molecule has 24 heavy (non-hydrogen) atoms. The number of hydrogen-bond donors (Lipinski definition) is 1. The molecule has 7 heteroatoms. The standard InChI is InChI=1S/C17H20N4O3/c1-21(9-11-4-12(23-2)6-13(5-11)24-3)17(22)16-14-7-18-10-20-15(14)8-19-16/h4-7,10,16,19H,8-9H2,1-3H3. The van der Waals surface area contributed by atoms with Crippen LogP contribution in [0.3, 0.4) is 0 Å². The molecular formula is C17H20N4O3. The van der Waals surface area contributed by atoms with Crippen LogP contribution in [0, 0.1) is 0 Å². The molecule has 3 rings (SSSR count). The summed E-state index contributed by atoms with van der Waals surface area (Å²) in [6.45, 7) is 1.03. The largest absolute Gasteiger partial charge is 0.497 e. The van der Waals surface area contributed by atoms with Crippen molar-refractivity contribution in [2.24, 2.45) is 0 Å². The van der Waals surface area contributed by atoms with Gasteiger partial charge in [-0.05, 0) is 17.7 Å². The van der Waals surface area contributed by atoms with Crippen LogP contribution >= 0.6 is 0 Å². The zero-order valence-electron chi connectivity index (χ0n) is 13.9. The third-order valence-electron chi connectivity index (χ3n) is 4.07. The number of methoxy groups -OCH3 is 2. The third-order valence-corrected chi connectivity index (χ3v) is 4.07. The highest BCUT2D eigenvalue weighted by Crippen LogP contribution is 2.26. The van der Waals surface area contributed by atoms with Gasteiger partial charge in [0.05, 0.1) is 19.9 Å². The molecule has 126 valence electrons. The molecule has 0 radical (unpaired) electrons. The molecule has 1 N–H and O–H groups in total. The lowest BCUT2D eigenvalue weighted by Crippen LogP contribution is -2.35. The molecule has 1 aliphatic rings. The lowest BCUT2D eigenvalue weighted by molar-refractivity contribution is -0.132. The number of benzene rings is 1. The van der Waals surface area contributed by atoms with Gasteiger partial charge in [0.15, 0.2) is 0 Å². The summed E-state index contributed by atoms with van der Waals surface area (Å²) in [5.41, 5.74) is 2.65. The summed E-state index contributed by atoms with van der Waals surface area (Å²) in [4.78, 5) is 22.7. The minimum Gasteiger partial charge on any atom is -0.497 e. The van der Waals surface area contributed by atoms with Crippen LogP contribution in [0.25, 0.3) is 0 Å². The van der Waals surface area contributed by atoms with Crippen molar-refractivity contribution in [2.45, 2.75) is 19.1 Å². The van der Waals surface area contributed by atoms with E-state index in [2.05, 4.69) is 15.3 Å². The topological polar surface area (TPSA) is 76.6 Å². The van der Waals surface area contributed by atoms with Crippen LogP contribution < -0.4 is 14.8 Å². The van der Waals surface area contributed by atoms with Crippen LogP contribution in [-0.4, -0.2) is 42.0 Å². The van der Waals surface area contributed by atoms with Crippen molar-refractivity contribution in [1.29, 1.82) is 0 Å². The number of amides is 1. The van der Waals surface area contributed by atoms with E-state index >= 15 is 0 Å². The third kappa shape index (κ3) is 3.16. The number of ether oxygens (including phenoxy) is 2. The summed E-state index contributed by atoms with van der Waals surface area (Å²) in [7, 11) is 4.98. The number of aromatic nitrogens is 2. The lowest BCUT2D eigenvalue weighted by Gasteiger charge is -2.22. The molecule has 0 bridgehead atoms. The smallest absolute Gasteiger partial charge is 0.244 e. The van der Waals surface area contributed by atoms with E-state index in [1.807, 2.05) is 12.1 Å². The molecule has 0 saturated carbocycles. The van der Waals surface area contributed by atoms with Crippen molar-refractivity contribution in [1.82, 2.24) is 20.2 Å². The fourth-order valence-electron chi connectivity index (χ4n) is 2.81. The van der Waals surface area contributed by atoms with Gasteiger partial charge in [-0.15, -0.1) is 0 Å². The Labute approximate surface area is 140 Å². The summed E-state index contributed by atoms with van der Waals surface area (Å²) in [6, 6.07) is 5.19. The SMILES string of the molecule is COc1cc(CN(C)C(=O)C2NCc3ncncc32)cc(OC)c1. The van der Waals surface area contributed by atoms with E-state index in [0.717, 1.165) is 16.8 Å². The first-order valence-corrected chi connectivity index (χ1v) is 7.61. The van der Waals surface area contributed by atoms with Crippen molar-refractivity contribution < 1.29 is 14.3 Å². The molecule has 2 aromatic rings. The Morgan fingerprint density at radius 1 is 1.29 bits per heavy atom. The van der Waals surface area contributed by atoms with E-state index < -0.39 is 6.04 Å². The van der Waals surface area contributed by atoms with Crippen molar-refractivity contribution in [3.05, 3.63) is 47.5 Å². The maximum Gasteiger partial charge on any atom is 0.244 e. The molecular weight excluding hydrogens is 308 g/mol. The van der Waals surface area contributed by atoms with Gasteiger partial charge in [-0.1, -0.05) is 0 Å². The first-order valence-electron chi connectivity index (χ1n) is 7.61. The van der Waals surface area contributed by atoms with Gasteiger partial charge >= 0.3 is 0 Å². The number of fused-ring (bicyclic) bond motifs is 1. The Balaban J connectivity index is 1.76. The van der Waals surface area contributed by atoms with Gasteiger partial charge in [-0.2, -0.15) is 0 Å². The summed E-state index contributed by atoms with van der Waals surface area (Å²) in [5, 5.41) is 3.19. The molecule has 1 amide bonds. The Hall–Kier alpha value is -2.67. The van der Waals surface area contributed by atoms with E-state index in [4.69, 9.17) is 9.47 Å². The lowest BCUT2D eigenvalue weighted by atomic mass is 10.1. The highest BCUT2D eigenvalue weighted by atomic mass is 16.5. The van der Waals surface area contributed by atoms with E-state index in [1.165, 1.54) is 6.33 Å². The van der Waals surface area contributed by atoms with Gasteiger partial charge in [-0.3, -0.25) is 10.1 Å². The number of carbonyl (C=O) groups excluding carboxylic acids is 1. The fraction of sp³-hybridized carbons (Fsp3) is 0.353. The van der Waals surface area contributed by atoms with Crippen LogP contribution in [0.2, 0.25) is 0 Å². The summed E-state index contributed by atoms with van der Waals surface area (Å²) in [6.07, 6.45) is 3.20. The van der Waals surface area contributed by atoms with Gasteiger partial charge in [-0.25, -0.2) is 9.97 Å². The minimum absolute atomic E-state index is 0.0228. The second-order valence-corrected chi connectivity index (χ2v) is 5.65. The van der Waals surface area contributed by atoms with Gasteiger partial charge in [0.2, 0.25) is 5.91 Å². The molecule has 0 fully saturated rings. The van der Waals surface area contributed by atoms with Crippen LogP contribution in [0.4, 0.5) is 0 Å². The normalized spacial score (nSPS) is 15.7. The average molecular weight is 328 g/mol. The predicted molar refractivity (Wildman–Crippen MR) is 87.6 cm³/mol. The molecule has 1 aromatic heterocycles. The van der Waals surface area contributed by atoms with Gasteiger partial charge in [0.1, 0.15) is 23.9 Å². The fourth-order valence-corrected chi connectivity index (χ4v) is 2.81.